The van der Waals surface area contributed by atoms with E-state index in [1.165, 1.54) is 25.9 Å². The van der Waals surface area contributed by atoms with Crippen LogP contribution < -0.4 is 4.74 Å². The van der Waals surface area contributed by atoms with Crippen LogP contribution in [0, 0.1) is 0 Å². The van der Waals surface area contributed by atoms with E-state index in [9.17, 15) is 0 Å². The fourth-order valence-electron chi connectivity index (χ4n) is 2.15. The minimum atomic E-state index is 0.789. The Bertz CT molecular complexity index is 339. The number of hydrogen-bond acceptors (Lipinski definition) is 2. The summed E-state index contributed by atoms with van der Waals surface area (Å²) in [5, 5.41) is 0. The Kier molecular flexibility index (Phi) is 7.99. The molecular weight excluding hydrogens is 234 g/mol. The van der Waals surface area contributed by atoms with Crippen molar-refractivity contribution in [2.75, 3.05) is 26.2 Å². The Morgan fingerprint density at radius 3 is 2.21 bits per heavy atom. The molecule has 0 radical (unpaired) electrons. The Hall–Kier alpha value is -1.28. The van der Waals surface area contributed by atoms with Gasteiger partial charge in [-0.2, -0.15) is 0 Å². The average Bonchev–Trinajstić information content (AvgIpc) is 2.44. The van der Waals surface area contributed by atoms with Crippen LogP contribution in [0.15, 0.2) is 30.8 Å². The minimum absolute atomic E-state index is 0.789. The van der Waals surface area contributed by atoms with Crippen molar-refractivity contribution in [3.05, 3.63) is 36.4 Å². The van der Waals surface area contributed by atoms with E-state index in [1.807, 2.05) is 30.3 Å². The van der Waals surface area contributed by atoms with Gasteiger partial charge in [0.05, 0.1) is 6.61 Å². The molecule has 0 N–H and O–H groups in total. The molecule has 0 fully saturated rings. The highest BCUT2D eigenvalue weighted by atomic mass is 16.5. The van der Waals surface area contributed by atoms with E-state index in [1.54, 1.807) is 0 Å². The Labute approximate surface area is 118 Å². The van der Waals surface area contributed by atoms with Crippen LogP contribution >= 0.6 is 0 Å². The SMILES string of the molecule is C=Cc1ccc(OCCCN(CCC)CCC)cc1. The van der Waals surface area contributed by atoms with Crippen LogP contribution in [-0.4, -0.2) is 31.1 Å². The molecule has 2 nitrogen and oxygen atoms in total. The molecule has 106 valence electrons. The van der Waals surface area contributed by atoms with Crippen molar-refractivity contribution < 1.29 is 4.74 Å². The molecule has 0 saturated carbocycles. The number of rotatable bonds is 10. The summed E-state index contributed by atoms with van der Waals surface area (Å²) in [4.78, 5) is 2.52. The molecule has 0 bridgehead atoms. The van der Waals surface area contributed by atoms with E-state index in [0.29, 0.717) is 0 Å². The van der Waals surface area contributed by atoms with Gasteiger partial charge in [0.25, 0.3) is 0 Å². The maximum atomic E-state index is 5.75. The maximum absolute atomic E-state index is 5.75. The molecular formula is C17H27NO. The molecule has 0 aliphatic rings. The molecule has 0 saturated heterocycles. The second-order valence-corrected chi connectivity index (χ2v) is 4.82. The Balaban J connectivity index is 2.23. The molecule has 0 amide bonds. The zero-order chi connectivity index (χ0) is 13.9. The monoisotopic (exact) mass is 261 g/mol. The van der Waals surface area contributed by atoms with Gasteiger partial charge < -0.3 is 9.64 Å². The van der Waals surface area contributed by atoms with Crippen molar-refractivity contribution in [3.8, 4) is 5.75 Å². The van der Waals surface area contributed by atoms with Crippen LogP contribution in [-0.2, 0) is 0 Å². The highest BCUT2D eigenvalue weighted by molar-refractivity contribution is 5.48. The van der Waals surface area contributed by atoms with Crippen LogP contribution in [0.5, 0.6) is 5.75 Å². The average molecular weight is 261 g/mol. The summed E-state index contributed by atoms with van der Waals surface area (Å²) in [6, 6.07) is 8.07. The second kappa shape index (κ2) is 9.62. The van der Waals surface area contributed by atoms with Crippen LogP contribution in [0.4, 0.5) is 0 Å². The summed E-state index contributed by atoms with van der Waals surface area (Å²) in [6.45, 7) is 12.5. The largest absolute Gasteiger partial charge is 0.494 e. The summed E-state index contributed by atoms with van der Waals surface area (Å²) in [7, 11) is 0. The van der Waals surface area contributed by atoms with Gasteiger partial charge in [-0.1, -0.05) is 38.6 Å². The van der Waals surface area contributed by atoms with E-state index < -0.39 is 0 Å². The lowest BCUT2D eigenvalue weighted by Crippen LogP contribution is -2.27. The van der Waals surface area contributed by atoms with Crippen molar-refractivity contribution >= 4 is 6.08 Å². The smallest absolute Gasteiger partial charge is 0.119 e. The molecule has 0 atom stereocenters. The number of hydrogen-bond donors (Lipinski definition) is 0. The fourth-order valence-corrected chi connectivity index (χ4v) is 2.15. The predicted octanol–water partition coefficient (Wildman–Crippen LogP) is 4.22. The zero-order valence-corrected chi connectivity index (χ0v) is 12.4. The molecule has 0 aromatic heterocycles. The Morgan fingerprint density at radius 1 is 1.05 bits per heavy atom. The highest BCUT2D eigenvalue weighted by Gasteiger charge is 2.02. The van der Waals surface area contributed by atoms with E-state index in [-0.39, 0.29) is 0 Å². The first-order chi connectivity index (χ1) is 9.30. The lowest BCUT2D eigenvalue weighted by atomic mass is 10.2. The third-order valence-corrected chi connectivity index (χ3v) is 3.08. The van der Waals surface area contributed by atoms with E-state index in [4.69, 9.17) is 4.74 Å². The maximum Gasteiger partial charge on any atom is 0.119 e. The van der Waals surface area contributed by atoms with Crippen LogP contribution in [0.25, 0.3) is 6.08 Å². The molecule has 1 aromatic carbocycles. The van der Waals surface area contributed by atoms with Gasteiger partial charge in [-0.3, -0.25) is 0 Å². The third kappa shape index (κ3) is 6.44. The summed E-state index contributed by atoms with van der Waals surface area (Å²) >= 11 is 0. The molecule has 2 heteroatoms. The van der Waals surface area contributed by atoms with Crippen molar-refractivity contribution in [1.82, 2.24) is 4.90 Å². The van der Waals surface area contributed by atoms with Crippen molar-refractivity contribution in [1.29, 1.82) is 0 Å². The van der Waals surface area contributed by atoms with Gasteiger partial charge in [-0.05, 0) is 50.0 Å². The van der Waals surface area contributed by atoms with Gasteiger partial charge in [0.15, 0.2) is 0 Å². The standard InChI is InChI=1S/C17H27NO/c1-4-12-18(13-5-2)14-7-15-19-17-10-8-16(6-3)9-11-17/h6,8-11H,3-5,7,12-15H2,1-2H3. The topological polar surface area (TPSA) is 12.5 Å². The normalized spacial score (nSPS) is 10.7. The van der Waals surface area contributed by atoms with Gasteiger partial charge in [-0.25, -0.2) is 0 Å². The molecule has 1 rings (SSSR count). The lowest BCUT2D eigenvalue weighted by molar-refractivity contribution is 0.234. The van der Waals surface area contributed by atoms with Crippen molar-refractivity contribution in [2.45, 2.75) is 33.1 Å². The number of nitrogens with zero attached hydrogens (tertiary/aromatic N) is 1. The molecule has 0 aliphatic carbocycles. The first kappa shape index (κ1) is 15.8. The fraction of sp³-hybridized carbons (Fsp3) is 0.529. The summed E-state index contributed by atoms with van der Waals surface area (Å²) in [5.41, 5.74) is 1.13. The van der Waals surface area contributed by atoms with Gasteiger partial charge in [-0.15, -0.1) is 0 Å². The quantitative estimate of drug-likeness (QED) is 0.585. The van der Waals surface area contributed by atoms with E-state index in [2.05, 4.69) is 25.3 Å². The predicted molar refractivity (Wildman–Crippen MR) is 83.7 cm³/mol. The first-order valence-corrected chi connectivity index (χ1v) is 7.37. The summed E-state index contributed by atoms with van der Waals surface area (Å²) < 4.78 is 5.75. The second-order valence-electron chi connectivity index (χ2n) is 4.82. The number of ether oxygens (including phenoxy) is 1. The molecule has 0 heterocycles. The molecule has 0 unspecified atom stereocenters. The van der Waals surface area contributed by atoms with Gasteiger partial charge in [0.1, 0.15) is 5.75 Å². The molecule has 19 heavy (non-hydrogen) atoms. The molecule has 0 aliphatic heterocycles. The van der Waals surface area contributed by atoms with E-state index in [0.717, 1.165) is 30.9 Å². The van der Waals surface area contributed by atoms with Crippen LogP contribution in [0.1, 0.15) is 38.7 Å². The molecule has 1 aromatic rings. The summed E-state index contributed by atoms with van der Waals surface area (Å²) in [5.74, 6) is 0.947. The molecule has 0 spiro atoms. The minimum Gasteiger partial charge on any atom is -0.494 e. The van der Waals surface area contributed by atoms with Gasteiger partial charge in [0.2, 0.25) is 0 Å². The van der Waals surface area contributed by atoms with E-state index >= 15 is 0 Å². The summed E-state index contributed by atoms with van der Waals surface area (Å²) in [6.07, 6.45) is 5.38. The van der Waals surface area contributed by atoms with Crippen LogP contribution in [0.2, 0.25) is 0 Å². The van der Waals surface area contributed by atoms with Gasteiger partial charge >= 0.3 is 0 Å². The third-order valence-electron chi connectivity index (χ3n) is 3.08. The van der Waals surface area contributed by atoms with Crippen molar-refractivity contribution in [2.24, 2.45) is 0 Å². The van der Waals surface area contributed by atoms with Crippen molar-refractivity contribution in [3.63, 3.8) is 0 Å². The Morgan fingerprint density at radius 2 is 1.68 bits per heavy atom. The van der Waals surface area contributed by atoms with Gasteiger partial charge in [0, 0.05) is 6.54 Å². The first-order valence-electron chi connectivity index (χ1n) is 7.37. The number of benzene rings is 1. The van der Waals surface area contributed by atoms with Crippen LogP contribution in [0.3, 0.4) is 0 Å². The zero-order valence-electron chi connectivity index (χ0n) is 12.4. The lowest BCUT2D eigenvalue weighted by Gasteiger charge is -2.20. The highest BCUT2D eigenvalue weighted by Crippen LogP contribution is 2.13.